The minimum Gasteiger partial charge on any atom is -0.458 e. The first-order chi connectivity index (χ1) is 29.9. The molecule has 5 aliphatic rings. The molecule has 0 saturated heterocycles. The van der Waals surface area contributed by atoms with E-state index in [9.17, 15) is 29.1 Å². The Bertz CT molecular complexity index is 2790. The maximum atomic E-state index is 15.4. The molecule has 4 N–H and O–H groups in total. The zero-order chi connectivity index (χ0) is 43.1. The van der Waals surface area contributed by atoms with E-state index in [0.29, 0.717) is 53.7 Å². The summed E-state index contributed by atoms with van der Waals surface area (Å²) in [5.74, 6) is -2.06. The Morgan fingerprint density at radius 3 is 2.44 bits per heavy atom. The highest BCUT2D eigenvalue weighted by Gasteiger charge is 2.51. The number of aryl methyl sites for hydroxylation is 1. The summed E-state index contributed by atoms with van der Waals surface area (Å²) in [4.78, 5) is 70.9. The lowest BCUT2D eigenvalue weighted by Gasteiger charge is -2.31. The van der Waals surface area contributed by atoms with Gasteiger partial charge in [-0.3, -0.25) is 14.4 Å². The Labute approximate surface area is 354 Å². The molecule has 0 unspecified atom stereocenters. The number of cyclic esters (lactones) is 1. The molecule has 14 nitrogen and oxygen atoms in total. The molecule has 4 heterocycles. The van der Waals surface area contributed by atoms with Crippen molar-refractivity contribution in [3.05, 3.63) is 121 Å². The van der Waals surface area contributed by atoms with Crippen LogP contribution in [0.15, 0.2) is 65.5 Å². The molecule has 62 heavy (non-hydrogen) atoms. The lowest BCUT2D eigenvalue weighted by molar-refractivity contribution is -0.172. The lowest BCUT2D eigenvalue weighted by Crippen LogP contribution is -2.44. The maximum Gasteiger partial charge on any atom is 0.407 e. The van der Waals surface area contributed by atoms with E-state index in [-0.39, 0.29) is 69.0 Å². The number of amides is 3. The average molecular weight is 842 g/mol. The van der Waals surface area contributed by atoms with Crippen LogP contribution < -0.4 is 21.5 Å². The van der Waals surface area contributed by atoms with Crippen molar-refractivity contribution in [3.63, 3.8) is 0 Å². The molecule has 2 atom stereocenters. The molecule has 15 heteroatoms. The Hall–Kier alpha value is -6.45. The van der Waals surface area contributed by atoms with Gasteiger partial charge in [0, 0.05) is 28.5 Å². The number of aromatic nitrogens is 2. The van der Waals surface area contributed by atoms with Crippen LogP contribution in [0.5, 0.6) is 0 Å². The van der Waals surface area contributed by atoms with E-state index in [1.807, 2.05) is 36.4 Å². The molecular formula is C47H44FN5O9. The predicted molar refractivity (Wildman–Crippen MR) is 222 cm³/mol. The fourth-order valence-corrected chi connectivity index (χ4v) is 9.84. The number of nitrogens with one attached hydrogen (secondary N) is 3. The molecule has 2 aromatic heterocycles. The first-order valence-electron chi connectivity index (χ1n) is 21.0. The molecule has 2 aliphatic heterocycles. The number of hydrogen-bond acceptors (Lipinski definition) is 10. The molecule has 10 rings (SSSR count). The minimum atomic E-state index is -2.01. The number of esters is 1. The van der Waals surface area contributed by atoms with Gasteiger partial charge in [0.2, 0.25) is 11.8 Å². The van der Waals surface area contributed by atoms with E-state index in [1.165, 1.54) is 10.6 Å². The molecule has 1 saturated carbocycles. The van der Waals surface area contributed by atoms with Crippen molar-refractivity contribution in [1.29, 1.82) is 0 Å². The summed E-state index contributed by atoms with van der Waals surface area (Å²) in [7, 11) is 0. The standard InChI is InChI=1S/C47H44FN5O9/c1-3-47(59)33-16-37-41-30(19-53(37)42(55)32(33)21-61-44(47)57)40-35(13-12-25-24(2)34(48)17-36(51-41)39(25)40)52-43(56)46(14-15-46)22-60-23-50-38(54)18-49-45(58)62-20-31-28-10-6-4-8-26(28)27-9-5-7-11-29(27)31/h4-11,16-17,31,35,59H,3,12-15,18-23H2,1-2H3,(H,49,58)(H,50,54)(H,52,56)/t35-,47-/m0/s1. The van der Waals surface area contributed by atoms with Gasteiger partial charge in [-0.05, 0) is 84.0 Å². The van der Waals surface area contributed by atoms with Crippen molar-refractivity contribution in [2.45, 2.75) is 76.7 Å². The minimum absolute atomic E-state index is 0.00830. The number of rotatable bonds is 11. The van der Waals surface area contributed by atoms with Gasteiger partial charge in [-0.15, -0.1) is 0 Å². The topological polar surface area (TPSA) is 187 Å². The highest BCUT2D eigenvalue weighted by atomic mass is 19.1. The van der Waals surface area contributed by atoms with Crippen LogP contribution in [-0.2, 0) is 53.8 Å². The molecule has 5 aromatic rings. The van der Waals surface area contributed by atoms with Crippen LogP contribution in [0.1, 0.15) is 89.1 Å². The van der Waals surface area contributed by atoms with Crippen LogP contribution in [0.3, 0.4) is 0 Å². The Balaban J connectivity index is 0.792. The van der Waals surface area contributed by atoms with Gasteiger partial charge in [0.25, 0.3) is 5.56 Å². The molecule has 0 bridgehead atoms. The van der Waals surface area contributed by atoms with E-state index in [0.717, 1.165) is 38.8 Å². The predicted octanol–water partition coefficient (Wildman–Crippen LogP) is 5.04. The fraction of sp³-hybridized carbons (Fsp3) is 0.362. The van der Waals surface area contributed by atoms with Crippen LogP contribution in [0.2, 0.25) is 0 Å². The van der Waals surface area contributed by atoms with Gasteiger partial charge in [0.1, 0.15) is 32.3 Å². The fourth-order valence-electron chi connectivity index (χ4n) is 9.84. The Kier molecular flexibility index (Phi) is 9.52. The van der Waals surface area contributed by atoms with E-state index in [4.69, 9.17) is 19.2 Å². The summed E-state index contributed by atoms with van der Waals surface area (Å²) >= 11 is 0. The number of fused-ring (bicyclic) bond motifs is 8. The van der Waals surface area contributed by atoms with Crippen molar-refractivity contribution in [2.75, 3.05) is 26.5 Å². The first kappa shape index (κ1) is 39.7. The van der Waals surface area contributed by atoms with Crippen molar-refractivity contribution < 1.29 is 42.9 Å². The molecular weight excluding hydrogens is 798 g/mol. The van der Waals surface area contributed by atoms with Crippen LogP contribution in [0, 0.1) is 18.2 Å². The zero-order valence-corrected chi connectivity index (χ0v) is 34.2. The van der Waals surface area contributed by atoms with Crippen molar-refractivity contribution >= 4 is 34.8 Å². The molecule has 0 spiro atoms. The van der Waals surface area contributed by atoms with E-state index in [1.54, 1.807) is 19.9 Å². The summed E-state index contributed by atoms with van der Waals surface area (Å²) in [5.41, 5.74) is 5.47. The largest absolute Gasteiger partial charge is 0.458 e. The number of carbonyl (C=O) groups excluding carboxylic acids is 4. The second-order valence-corrected chi connectivity index (χ2v) is 16.9. The quantitative estimate of drug-likeness (QED) is 0.0783. The van der Waals surface area contributed by atoms with E-state index < -0.39 is 46.4 Å². The van der Waals surface area contributed by atoms with Crippen LogP contribution in [-0.4, -0.2) is 65.0 Å². The monoisotopic (exact) mass is 841 g/mol. The van der Waals surface area contributed by atoms with Crippen molar-refractivity contribution in [2.24, 2.45) is 5.41 Å². The summed E-state index contributed by atoms with van der Waals surface area (Å²) in [6, 6.07) is 18.5. The molecule has 3 aliphatic carbocycles. The number of carbonyl (C=O) groups is 4. The number of aliphatic hydroxyl groups is 1. The third-order valence-corrected chi connectivity index (χ3v) is 13.5. The van der Waals surface area contributed by atoms with Crippen molar-refractivity contribution in [1.82, 2.24) is 25.5 Å². The number of hydrogen-bond donors (Lipinski definition) is 4. The van der Waals surface area contributed by atoms with E-state index in [2.05, 4.69) is 28.1 Å². The zero-order valence-electron chi connectivity index (χ0n) is 34.2. The number of alkyl carbamates (subject to hydrolysis) is 1. The number of nitrogens with zero attached hydrogens (tertiary/aromatic N) is 2. The van der Waals surface area contributed by atoms with Gasteiger partial charge in [0.05, 0.1) is 47.1 Å². The Morgan fingerprint density at radius 2 is 1.73 bits per heavy atom. The van der Waals surface area contributed by atoms with Gasteiger partial charge in [-0.25, -0.2) is 19.0 Å². The van der Waals surface area contributed by atoms with Crippen LogP contribution >= 0.6 is 0 Å². The van der Waals surface area contributed by atoms with E-state index >= 15 is 4.39 Å². The maximum absolute atomic E-state index is 15.4. The second-order valence-electron chi connectivity index (χ2n) is 16.9. The third-order valence-electron chi connectivity index (χ3n) is 13.5. The van der Waals surface area contributed by atoms with Crippen LogP contribution in [0.4, 0.5) is 9.18 Å². The second kappa shape index (κ2) is 14.9. The highest BCUT2D eigenvalue weighted by molar-refractivity contribution is 5.94. The number of ether oxygens (including phenoxy) is 3. The smallest absolute Gasteiger partial charge is 0.407 e. The molecule has 3 aromatic carbocycles. The number of pyridine rings is 2. The highest BCUT2D eigenvalue weighted by Crippen LogP contribution is 2.50. The van der Waals surface area contributed by atoms with Gasteiger partial charge in [-0.2, -0.15) is 0 Å². The van der Waals surface area contributed by atoms with Gasteiger partial charge in [-0.1, -0.05) is 55.5 Å². The summed E-state index contributed by atoms with van der Waals surface area (Å²) in [6.45, 7) is 2.87. The number of benzene rings is 3. The van der Waals surface area contributed by atoms with Gasteiger partial charge < -0.3 is 39.8 Å². The third kappa shape index (κ3) is 6.27. The number of halogens is 1. The van der Waals surface area contributed by atoms with Crippen LogP contribution in [0.25, 0.3) is 33.4 Å². The average Bonchev–Trinajstić information content (AvgIpc) is 3.89. The van der Waals surface area contributed by atoms with Crippen molar-refractivity contribution in [3.8, 4) is 22.5 Å². The molecule has 318 valence electrons. The first-order valence-corrected chi connectivity index (χ1v) is 21.0. The molecule has 1 fully saturated rings. The van der Waals surface area contributed by atoms with Gasteiger partial charge >= 0.3 is 12.1 Å². The summed E-state index contributed by atoms with van der Waals surface area (Å²) < 4.78 is 33.5. The Morgan fingerprint density at radius 1 is 1.00 bits per heavy atom. The van der Waals surface area contributed by atoms with Gasteiger partial charge in [0.15, 0.2) is 5.60 Å². The molecule has 3 amide bonds. The summed E-state index contributed by atoms with van der Waals surface area (Å²) in [6.07, 6.45) is 1.37. The SMILES string of the molecule is CC[C@@]1(O)C(=O)OCc2c1cc1n(c2=O)Cc2c-1nc1cc(F)c(C)c3c1c2[C@@H](NC(=O)C1(COCNC(=O)CNC(=O)OCC2c4ccccc4-c4ccccc42)CC1)CC3. The molecule has 0 radical (unpaired) electrons. The summed E-state index contributed by atoms with van der Waals surface area (Å²) in [5, 5.41) is 20.5. The lowest BCUT2D eigenvalue weighted by atomic mass is 9.81. The normalized spacial score (nSPS) is 19.7.